The van der Waals surface area contributed by atoms with Crippen LogP contribution in [0.15, 0.2) is 120 Å². The molecule has 0 radical (unpaired) electrons. The average Bonchev–Trinajstić information content (AvgIpc) is 2.99. The van der Waals surface area contributed by atoms with Crippen molar-refractivity contribution in [3.8, 4) is 5.75 Å². The van der Waals surface area contributed by atoms with Gasteiger partial charge in [-0.15, -0.1) is 0 Å². The third-order valence-electron chi connectivity index (χ3n) is 7.71. The SMILES string of the molecule is Oc1c(C=NCc2ccccn2)cccc1C12c3ccccc3C(c3ccccc31)c1ccccc12.[Cl][Cr][Cl]. The summed E-state index contributed by atoms with van der Waals surface area (Å²) in [6.07, 6.45) is 3.54. The summed E-state index contributed by atoms with van der Waals surface area (Å²) in [5.41, 5.74) is 9.53. The molecule has 4 aromatic carbocycles. The maximum absolute atomic E-state index is 11.8. The summed E-state index contributed by atoms with van der Waals surface area (Å²) in [5.74, 6) is 0.461. The van der Waals surface area contributed by atoms with E-state index in [1.165, 1.54) is 33.4 Å². The molecule has 0 saturated heterocycles. The number of rotatable bonds is 4. The zero-order valence-corrected chi connectivity index (χ0v) is 23.6. The molecule has 0 saturated carbocycles. The fourth-order valence-electron chi connectivity index (χ4n) is 6.34. The van der Waals surface area contributed by atoms with E-state index in [9.17, 15) is 5.11 Å². The molecule has 3 aliphatic rings. The second kappa shape index (κ2) is 11.0. The molecule has 1 heterocycles. The zero-order valence-electron chi connectivity index (χ0n) is 20.8. The summed E-state index contributed by atoms with van der Waals surface area (Å²) in [6, 6.07) is 38.0. The molecule has 3 nitrogen and oxygen atoms in total. The Bertz CT molecular complexity index is 1560. The zero-order chi connectivity index (χ0) is 26.8. The van der Waals surface area contributed by atoms with Crippen LogP contribution in [0.5, 0.6) is 5.75 Å². The molecule has 1 aromatic heterocycles. The van der Waals surface area contributed by atoms with Crippen molar-refractivity contribution in [3.05, 3.63) is 166 Å². The molecule has 0 unspecified atom stereocenters. The van der Waals surface area contributed by atoms with Gasteiger partial charge in [0, 0.05) is 29.5 Å². The normalized spacial score (nSPS) is 18.1. The number of halogens is 2. The van der Waals surface area contributed by atoms with Crippen LogP contribution in [0.1, 0.15) is 56.1 Å². The summed E-state index contributed by atoms with van der Waals surface area (Å²) < 4.78 is 0. The molecule has 2 bridgehead atoms. The minimum absolute atomic E-state index is 0.181. The van der Waals surface area contributed by atoms with Crippen LogP contribution < -0.4 is 0 Å². The molecule has 0 atom stereocenters. The number of para-hydroxylation sites is 1. The van der Waals surface area contributed by atoms with Crippen molar-refractivity contribution >= 4 is 26.3 Å². The van der Waals surface area contributed by atoms with Crippen molar-refractivity contribution in [1.29, 1.82) is 0 Å². The maximum atomic E-state index is 11.8. The molecular formula is C33H24Cl2CrN2O. The molecule has 3 aliphatic carbocycles. The van der Waals surface area contributed by atoms with E-state index < -0.39 is 5.41 Å². The molecule has 0 amide bonds. The molecule has 0 spiro atoms. The molecule has 8 rings (SSSR count). The third kappa shape index (κ3) is 4.20. The number of benzene rings is 4. The van der Waals surface area contributed by atoms with Crippen LogP contribution in [0.25, 0.3) is 0 Å². The van der Waals surface area contributed by atoms with E-state index >= 15 is 0 Å². The predicted octanol–water partition coefficient (Wildman–Crippen LogP) is 7.97. The van der Waals surface area contributed by atoms with Gasteiger partial charge in [-0.3, -0.25) is 9.98 Å². The van der Waals surface area contributed by atoms with Crippen LogP contribution >= 0.6 is 20.1 Å². The summed E-state index contributed by atoms with van der Waals surface area (Å²) in [4.78, 5) is 8.95. The van der Waals surface area contributed by atoms with E-state index in [0.717, 1.165) is 11.3 Å². The van der Waals surface area contributed by atoms with Crippen molar-refractivity contribution in [2.45, 2.75) is 17.9 Å². The molecule has 0 aliphatic heterocycles. The molecule has 39 heavy (non-hydrogen) atoms. The number of phenols is 1. The standard InChI is InChI=1S/C33H24N2O.2ClH.Cr/c36-32-22(20-34-21-23-11-7-8-19-35-23)10-9-18-30(32)33-27-15-4-1-12-24(27)31(25-13-2-5-16-28(25)33)26-14-3-6-17-29(26)33;;;/h1-20,31,36H,21H2;2*1H;/q;;;+2/p-2. The van der Waals surface area contributed by atoms with Crippen molar-refractivity contribution < 1.29 is 18.5 Å². The second-order valence-corrected chi connectivity index (χ2v) is 11.6. The van der Waals surface area contributed by atoms with Gasteiger partial charge in [-0.05, 0) is 51.6 Å². The van der Waals surface area contributed by atoms with E-state index in [0.29, 0.717) is 12.1 Å². The Morgan fingerprint density at radius 3 is 1.77 bits per heavy atom. The summed E-state index contributed by atoms with van der Waals surface area (Å²) in [6.45, 7) is 0.464. The second-order valence-electron chi connectivity index (χ2n) is 9.54. The summed E-state index contributed by atoms with van der Waals surface area (Å²) in [7, 11) is 9.65. The third-order valence-corrected chi connectivity index (χ3v) is 7.71. The quantitative estimate of drug-likeness (QED) is 0.212. The van der Waals surface area contributed by atoms with Gasteiger partial charge in [0.25, 0.3) is 0 Å². The summed E-state index contributed by atoms with van der Waals surface area (Å²) in [5, 5.41) is 11.8. The molecule has 192 valence electrons. The number of hydrogen-bond donors (Lipinski definition) is 1. The molecule has 5 aromatic rings. The van der Waals surface area contributed by atoms with Gasteiger partial charge in [-0.2, -0.15) is 0 Å². The fourth-order valence-corrected chi connectivity index (χ4v) is 6.34. The first-order valence-electron chi connectivity index (χ1n) is 12.6. The van der Waals surface area contributed by atoms with Gasteiger partial charge in [0.05, 0.1) is 17.7 Å². The van der Waals surface area contributed by atoms with Gasteiger partial charge in [0.2, 0.25) is 0 Å². The monoisotopic (exact) mass is 586 g/mol. The molecule has 0 fully saturated rings. The van der Waals surface area contributed by atoms with Gasteiger partial charge < -0.3 is 5.11 Å². The van der Waals surface area contributed by atoms with Crippen LogP contribution in [0.4, 0.5) is 0 Å². The summed E-state index contributed by atoms with van der Waals surface area (Å²) >= 11 is -0.181. The van der Waals surface area contributed by atoms with Crippen LogP contribution in [0, 0.1) is 0 Å². The van der Waals surface area contributed by atoms with Crippen LogP contribution in [-0.4, -0.2) is 16.3 Å². The first kappa shape index (κ1) is 25.9. The van der Waals surface area contributed by atoms with Crippen molar-refractivity contribution in [3.63, 3.8) is 0 Å². The Hall–Kier alpha value is -3.39. The van der Waals surface area contributed by atoms with Crippen LogP contribution in [-0.2, 0) is 25.3 Å². The fraction of sp³-hybridized carbons (Fsp3) is 0.0909. The Labute approximate surface area is 242 Å². The Kier molecular flexibility index (Phi) is 7.30. The first-order chi connectivity index (χ1) is 19.2. The van der Waals surface area contributed by atoms with E-state index in [2.05, 4.69) is 88.8 Å². The molecule has 6 heteroatoms. The Morgan fingerprint density at radius 2 is 1.23 bits per heavy atom. The first-order valence-corrected chi connectivity index (χ1v) is 16.1. The molecular weight excluding hydrogens is 563 g/mol. The predicted molar refractivity (Wildman–Crippen MR) is 155 cm³/mol. The number of nitrogens with zero attached hydrogens (tertiary/aromatic N) is 2. The number of phenolic OH excluding ortho intramolecular Hbond substituents is 1. The minimum atomic E-state index is -0.604. The van der Waals surface area contributed by atoms with E-state index in [-0.39, 0.29) is 25.0 Å². The number of aliphatic imine (C=N–C) groups is 1. The topological polar surface area (TPSA) is 45.5 Å². The molecule has 1 N–H and O–H groups in total. The van der Waals surface area contributed by atoms with Gasteiger partial charge in [0.15, 0.2) is 0 Å². The van der Waals surface area contributed by atoms with E-state index in [4.69, 9.17) is 20.1 Å². The van der Waals surface area contributed by atoms with E-state index in [1.54, 1.807) is 12.4 Å². The Morgan fingerprint density at radius 1 is 0.718 bits per heavy atom. The number of hydrogen-bond acceptors (Lipinski definition) is 3. The van der Waals surface area contributed by atoms with Crippen molar-refractivity contribution in [2.75, 3.05) is 0 Å². The van der Waals surface area contributed by atoms with Gasteiger partial charge in [-0.25, -0.2) is 0 Å². The number of aromatic nitrogens is 1. The Balaban J connectivity index is 0.000000883. The average molecular weight is 587 g/mol. The number of pyridine rings is 1. The van der Waals surface area contributed by atoms with E-state index in [1.807, 2.05) is 30.3 Å². The van der Waals surface area contributed by atoms with Crippen molar-refractivity contribution in [1.82, 2.24) is 4.98 Å². The van der Waals surface area contributed by atoms with Crippen LogP contribution in [0.2, 0.25) is 0 Å². The van der Waals surface area contributed by atoms with Crippen LogP contribution in [0.3, 0.4) is 0 Å². The van der Waals surface area contributed by atoms with Gasteiger partial charge >= 0.3 is 33.5 Å². The number of aromatic hydroxyl groups is 1. The van der Waals surface area contributed by atoms with Gasteiger partial charge in [-0.1, -0.05) is 91.0 Å². The van der Waals surface area contributed by atoms with Gasteiger partial charge in [0.1, 0.15) is 5.75 Å². The van der Waals surface area contributed by atoms with Crippen molar-refractivity contribution in [2.24, 2.45) is 4.99 Å².